The van der Waals surface area contributed by atoms with E-state index in [4.69, 9.17) is 0 Å². The highest BCUT2D eigenvalue weighted by Crippen LogP contribution is 2.24. The average Bonchev–Trinajstić information content (AvgIpc) is 2.95. The normalized spacial score (nSPS) is 11.9. The molecule has 1 aromatic carbocycles. The van der Waals surface area contributed by atoms with Crippen LogP contribution in [0.15, 0.2) is 41.6 Å². The first kappa shape index (κ1) is 16.3. The van der Waals surface area contributed by atoms with Gasteiger partial charge < -0.3 is 0 Å². The molecule has 9 heteroatoms. The Bertz CT molecular complexity index is 729. The zero-order valence-electron chi connectivity index (χ0n) is 11.7. The molecule has 0 saturated heterocycles. The van der Waals surface area contributed by atoms with Crippen molar-refractivity contribution in [1.82, 2.24) is 9.78 Å². The minimum atomic E-state index is -4.23. The Balaban J connectivity index is 2.51. The Morgan fingerprint density at radius 3 is 2.41 bits per heavy atom. The van der Waals surface area contributed by atoms with Gasteiger partial charge in [0.25, 0.3) is 16.4 Å². The summed E-state index contributed by atoms with van der Waals surface area (Å²) in [5.74, 6) is -0.586. The van der Waals surface area contributed by atoms with Crippen molar-refractivity contribution < 1.29 is 21.6 Å². The van der Waals surface area contributed by atoms with Gasteiger partial charge in [0, 0.05) is 6.54 Å². The summed E-state index contributed by atoms with van der Waals surface area (Å²) < 4.78 is 65.6. The monoisotopic (exact) mass is 333 g/mol. The Kier molecular flexibility index (Phi) is 4.74. The van der Waals surface area contributed by atoms with Gasteiger partial charge in [-0.1, -0.05) is 0 Å². The molecule has 0 radical (unpaired) electrons. The van der Waals surface area contributed by atoms with Crippen LogP contribution in [-0.4, -0.2) is 31.2 Å². The first-order valence-corrected chi connectivity index (χ1v) is 7.88. The van der Waals surface area contributed by atoms with E-state index in [-0.39, 0.29) is 17.3 Å². The zero-order chi connectivity index (χ0) is 16.3. The van der Waals surface area contributed by atoms with Crippen molar-refractivity contribution in [1.29, 1.82) is 0 Å². The predicted molar refractivity (Wildman–Crippen MR) is 74.8 cm³/mol. The highest BCUT2D eigenvalue weighted by atomic mass is 32.2. The largest absolute Gasteiger partial charge is 0.281 e. The highest BCUT2D eigenvalue weighted by molar-refractivity contribution is 7.92. The Labute approximate surface area is 126 Å². The number of hydrogen-bond donors (Lipinski definition) is 0. The summed E-state index contributed by atoms with van der Waals surface area (Å²) in [6, 6.07) is 5.55. The van der Waals surface area contributed by atoms with Crippen LogP contribution in [0.4, 0.5) is 18.9 Å². The van der Waals surface area contributed by atoms with Crippen LogP contribution in [-0.2, 0) is 16.6 Å². The number of rotatable bonds is 6. The number of halogens is 3. The second kappa shape index (κ2) is 6.39. The van der Waals surface area contributed by atoms with Crippen LogP contribution in [0, 0.1) is 5.82 Å². The van der Waals surface area contributed by atoms with E-state index in [0.717, 1.165) is 24.3 Å². The SMILES string of the molecule is CCn1nccc1S(=O)(=O)N(CC(F)F)c1ccc(F)cc1. The zero-order valence-corrected chi connectivity index (χ0v) is 12.5. The fourth-order valence-corrected chi connectivity index (χ4v) is 3.57. The van der Waals surface area contributed by atoms with Gasteiger partial charge in [-0.25, -0.2) is 13.2 Å². The molecular weight excluding hydrogens is 319 g/mol. The van der Waals surface area contributed by atoms with E-state index in [1.54, 1.807) is 6.92 Å². The van der Waals surface area contributed by atoms with Gasteiger partial charge in [-0.05, 0) is 37.3 Å². The first-order valence-electron chi connectivity index (χ1n) is 6.44. The van der Waals surface area contributed by atoms with Crippen LogP contribution >= 0.6 is 0 Å². The molecule has 1 aromatic heterocycles. The third-order valence-electron chi connectivity index (χ3n) is 2.95. The van der Waals surface area contributed by atoms with Gasteiger partial charge in [0.1, 0.15) is 5.82 Å². The minimum absolute atomic E-state index is 0.0365. The summed E-state index contributed by atoms with van der Waals surface area (Å²) in [6.07, 6.45) is -1.60. The van der Waals surface area contributed by atoms with E-state index in [1.165, 1.54) is 16.9 Å². The van der Waals surface area contributed by atoms with E-state index >= 15 is 0 Å². The molecule has 0 spiro atoms. The molecule has 0 N–H and O–H groups in total. The van der Waals surface area contributed by atoms with Crippen LogP contribution in [0.5, 0.6) is 0 Å². The Morgan fingerprint density at radius 2 is 1.86 bits per heavy atom. The number of alkyl halides is 2. The van der Waals surface area contributed by atoms with Crippen LogP contribution in [0.1, 0.15) is 6.92 Å². The molecule has 0 unspecified atom stereocenters. The molecule has 1 heterocycles. The fraction of sp³-hybridized carbons (Fsp3) is 0.308. The fourth-order valence-electron chi connectivity index (χ4n) is 1.97. The maximum atomic E-state index is 13.0. The molecule has 0 aliphatic heterocycles. The van der Waals surface area contributed by atoms with Crippen molar-refractivity contribution >= 4 is 15.7 Å². The molecule has 0 aliphatic rings. The molecule has 0 saturated carbocycles. The van der Waals surface area contributed by atoms with E-state index in [9.17, 15) is 21.6 Å². The van der Waals surface area contributed by atoms with E-state index < -0.39 is 28.8 Å². The van der Waals surface area contributed by atoms with Crippen LogP contribution in [0.3, 0.4) is 0 Å². The smallest absolute Gasteiger partial charge is 0.259 e. The third kappa shape index (κ3) is 3.24. The summed E-state index contributed by atoms with van der Waals surface area (Å²) in [6.45, 7) is 0.928. The summed E-state index contributed by atoms with van der Waals surface area (Å²) >= 11 is 0. The minimum Gasteiger partial charge on any atom is -0.259 e. The van der Waals surface area contributed by atoms with Gasteiger partial charge in [-0.3, -0.25) is 8.99 Å². The molecule has 0 amide bonds. The molecule has 0 atom stereocenters. The maximum Gasteiger partial charge on any atom is 0.281 e. The lowest BCUT2D eigenvalue weighted by atomic mass is 10.3. The molecule has 0 bridgehead atoms. The molecule has 22 heavy (non-hydrogen) atoms. The topological polar surface area (TPSA) is 55.2 Å². The highest BCUT2D eigenvalue weighted by Gasteiger charge is 2.30. The van der Waals surface area contributed by atoms with Crippen LogP contribution < -0.4 is 4.31 Å². The molecule has 5 nitrogen and oxygen atoms in total. The van der Waals surface area contributed by atoms with Crippen LogP contribution in [0.25, 0.3) is 0 Å². The third-order valence-corrected chi connectivity index (χ3v) is 4.77. The summed E-state index contributed by atoms with van der Waals surface area (Å²) in [4.78, 5) is 0. The first-order chi connectivity index (χ1) is 10.4. The average molecular weight is 333 g/mol. The lowest BCUT2D eigenvalue weighted by Gasteiger charge is -2.24. The number of hydrogen-bond acceptors (Lipinski definition) is 3. The second-order valence-electron chi connectivity index (χ2n) is 4.39. The van der Waals surface area contributed by atoms with Crippen molar-refractivity contribution in [3.63, 3.8) is 0 Å². The van der Waals surface area contributed by atoms with Gasteiger partial charge in [0.2, 0.25) is 0 Å². The second-order valence-corrected chi connectivity index (χ2v) is 6.20. The number of sulfonamides is 1. The Morgan fingerprint density at radius 1 is 1.23 bits per heavy atom. The summed E-state index contributed by atoms with van der Waals surface area (Å²) in [5.41, 5.74) is -0.0365. The number of benzene rings is 1. The van der Waals surface area contributed by atoms with E-state index in [0.29, 0.717) is 4.31 Å². The van der Waals surface area contributed by atoms with Crippen molar-refractivity contribution in [3.05, 3.63) is 42.3 Å². The van der Waals surface area contributed by atoms with Gasteiger partial charge in [0.15, 0.2) is 5.03 Å². The van der Waals surface area contributed by atoms with Gasteiger partial charge in [0.05, 0.1) is 18.4 Å². The van der Waals surface area contributed by atoms with Crippen molar-refractivity contribution in [3.8, 4) is 0 Å². The molecule has 0 aliphatic carbocycles. The van der Waals surface area contributed by atoms with Gasteiger partial charge in [-0.15, -0.1) is 0 Å². The molecule has 0 fully saturated rings. The quantitative estimate of drug-likeness (QED) is 0.816. The summed E-state index contributed by atoms with van der Waals surface area (Å²) in [7, 11) is -4.23. The molecular formula is C13H14F3N3O2S. The number of aryl methyl sites for hydroxylation is 1. The predicted octanol–water partition coefficient (Wildman–Crippen LogP) is 2.50. The molecule has 2 rings (SSSR count). The lowest BCUT2D eigenvalue weighted by Crippen LogP contribution is -2.36. The van der Waals surface area contributed by atoms with Crippen molar-refractivity contribution in [2.24, 2.45) is 0 Å². The van der Waals surface area contributed by atoms with E-state index in [2.05, 4.69) is 5.10 Å². The standard InChI is InChI=1S/C13H14F3N3O2S/c1-2-18-13(7-8-17-18)22(20,21)19(9-12(15)16)11-5-3-10(14)4-6-11/h3-8,12H,2,9H2,1H3. The van der Waals surface area contributed by atoms with Crippen molar-refractivity contribution in [2.75, 3.05) is 10.8 Å². The Hall–Kier alpha value is -2.03. The maximum absolute atomic E-state index is 13.0. The lowest BCUT2D eigenvalue weighted by molar-refractivity contribution is 0.159. The number of aromatic nitrogens is 2. The van der Waals surface area contributed by atoms with E-state index in [1.807, 2.05) is 0 Å². The number of nitrogens with zero attached hydrogens (tertiary/aromatic N) is 3. The summed E-state index contributed by atoms with van der Waals surface area (Å²) in [5, 5.41) is 3.64. The van der Waals surface area contributed by atoms with Gasteiger partial charge in [-0.2, -0.15) is 13.5 Å². The van der Waals surface area contributed by atoms with Crippen LogP contribution in [0.2, 0.25) is 0 Å². The van der Waals surface area contributed by atoms with Gasteiger partial charge >= 0.3 is 0 Å². The van der Waals surface area contributed by atoms with Crippen molar-refractivity contribution in [2.45, 2.75) is 24.9 Å². The number of anilines is 1. The molecule has 2 aromatic rings. The molecule has 120 valence electrons.